The Labute approximate surface area is 130 Å². The minimum Gasteiger partial charge on any atom is -0.444 e. The Morgan fingerprint density at radius 1 is 1.27 bits per heavy atom. The van der Waals surface area contributed by atoms with Crippen LogP contribution >= 0.6 is 0 Å². The number of hydrogen-bond acceptors (Lipinski definition) is 6. The van der Waals surface area contributed by atoms with Crippen LogP contribution in [-0.2, 0) is 6.54 Å². The molecule has 0 spiro atoms. The van der Waals surface area contributed by atoms with E-state index in [2.05, 4.69) is 47.7 Å². The molecule has 0 amide bonds. The lowest BCUT2D eigenvalue weighted by atomic mass is 10.2. The van der Waals surface area contributed by atoms with E-state index in [4.69, 9.17) is 8.94 Å². The second kappa shape index (κ2) is 6.20. The van der Waals surface area contributed by atoms with Gasteiger partial charge in [-0.3, -0.25) is 4.90 Å². The van der Waals surface area contributed by atoms with E-state index < -0.39 is 0 Å². The van der Waals surface area contributed by atoms with Crippen molar-refractivity contribution in [2.75, 3.05) is 6.54 Å². The zero-order valence-corrected chi connectivity index (χ0v) is 13.7. The van der Waals surface area contributed by atoms with Gasteiger partial charge in [-0.2, -0.15) is 4.98 Å². The summed E-state index contributed by atoms with van der Waals surface area (Å²) in [6.45, 7) is 10.0. The second-order valence-corrected chi connectivity index (χ2v) is 6.59. The van der Waals surface area contributed by atoms with Crippen molar-refractivity contribution in [3.63, 3.8) is 0 Å². The summed E-state index contributed by atoms with van der Waals surface area (Å²) in [6, 6.07) is 0.200. The molecule has 1 saturated heterocycles. The van der Waals surface area contributed by atoms with Crippen LogP contribution in [0.1, 0.15) is 81.8 Å². The molecular weight excluding hydrogens is 280 g/mol. The van der Waals surface area contributed by atoms with Gasteiger partial charge in [-0.25, -0.2) is 4.98 Å². The normalized spacial score (nSPS) is 19.6. The molecule has 22 heavy (non-hydrogen) atoms. The summed E-state index contributed by atoms with van der Waals surface area (Å²) in [6.07, 6.45) is 4.01. The summed E-state index contributed by atoms with van der Waals surface area (Å²) >= 11 is 0. The largest absolute Gasteiger partial charge is 0.444 e. The zero-order valence-electron chi connectivity index (χ0n) is 13.7. The highest BCUT2D eigenvalue weighted by Crippen LogP contribution is 2.32. The van der Waals surface area contributed by atoms with E-state index in [1.165, 1.54) is 0 Å². The summed E-state index contributed by atoms with van der Waals surface area (Å²) in [7, 11) is 0. The van der Waals surface area contributed by atoms with Crippen molar-refractivity contribution < 1.29 is 8.94 Å². The monoisotopic (exact) mass is 304 g/mol. The van der Waals surface area contributed by atoms with Gasteiger partial charge in [-0.1, -0.05) is 32.9 Å². The minimum absolute atomic E-state index is 0.200. The van der Waals surface area contributed by atoms with Gasteiger partial charge in [0.1, 0.15) is 5.76 Å². The van der Waals surface area contributed by atoms with E-state index in [1.54, 1.807) is 0 Å². The Morgan fingerprint density at radius 3 is 2.73 bits per heavy atom. The van der Waals surface area contributed by atoms with Crippen molar-refractivity contribution in [3.05, 3.63) is 29.6 Å². The first-order chi connectivity index (χ1) is 10.5. The number of rotatable bonds is 5. The predicted molar refractivity (Wildman–Crippen MR) is 81.4 cm³/mol. The first-order valence-electron chi connectivity index (χ1n) is 8.06. The molecule has 120 valence electrons. The first kappa shape index (κ1) is 15.2. The van der Waals surface area contributed by atoms with Crippen LogP contribution < -0.4 is 0 Å². The van der Waals surface area contributed by atoms with Crippen molar-refractivity contribution in [2.24, 2.45) is 0 Å². The van der Waals surface area contributed by atoms with Crippen molar-refractivity contribution in [3.8, 4) is 0 Å². The maximum Gasteiger partial charge on any atom is 0.229 e. The Balaban J connectivity index is 1.72. The second-order valence-electron chi connectivity index (χ2n) is 6.59. The third kappa shape index (κ3) is 3.06. The molecule has 0 saturated carbocycles. The maximum atomic E-state index is 5.82. The summed E-state index contributed by atoms with van der Waals surface area (Å²) in [5.74, 6) is 3.82. The number of likely N-dealkylation sites (tertiary alicyclic amines) is 1. The molecule has 0 unspecified atom stereocenters. The van der Waals surface area contributed by atoms with Gasteiger partial charge < -0.3 is 8.94 Å². The molecule has 3 heterocycles. The van der Waals surface area contributed by atoms with Crippen LogP contribution in [0.25, 0.3) is 0 Å². The van der Waals surface area contributed by atoms with Crippen molar-refractivity contribution >= 4 is 0 Å². The average molecular weight is 304 g/mol. The van der Waals surface area contributed by atoms with Crippen LogP contribution in [0.5, 0.6) is 0 Å². The highest BCUT2D eigenvalue weighted by Gasteiger charge is 2.31. The predicted octanol–water partition coefficient (Wildman–Crippen LogP) is 3.64. The fourth-order valence-corrected chi connectivity index (χ4v) is 2.76. The number of hydrogen-bond donors (Lipinski definition) is 0. The number of aromatic nitrogens is 3. The average Bonchev–Trinajstić information content (AvgIpc) is 3.18. The van der Waals surface area contributed by atoms with E-state index in [-0.39, 0.29) is 12.0 Å². The van der Waals surface area contributed by atoms with Gasteiger partial charge in [-0.15, -0.1) is 0 Å². The van der Waals surface area contributed by atoms with E-state index in [1.807, 2.05) is 6.20 Å². The van der Waals surface area contributed by atoms with Gasteiger partial charge in [0.05, 0.1) is 18.8 Å². The van der Waals surface area contributed by atoms with Gasteiger partial charge in [0, 0.05) is 11.8 Å². The Morgan fingerprint density at radius 2 is 2.09 bits per heavy atom. The van der Waals surface area contributed by atoms with Crippen LogP contribution in [0.15, 0.2) is 15.1 Å². The van der Waals surface area contributed by atoms with Crippen LogP contribution in [0.2, 0.25) is 0 Å². The zero-order chi connectivity index (χ0) is 15.7. The van der Waals surface area contributed by atoms with Gasteiger partial charge in [-0.05, 0) is 19.4 Å². The Kier molecular flexibility index (Phi) is 4.29. The fourth-order valence-electron chi connectivity index (χ4n) is 2.76. The SMILES string of the molecule is CC(C)c1cnc(CN2CCC[C@H]2c2noc(C(C)C)n2)o1. The third-order valence-corrected chi connectivity index (χ3v) is 4.09. The molecule has 0 aliphatic carbocycles. The standard InChI is InChI=1S/C16H24N4O2/c1-10(2)13-8-17-14(21-13)9-20-7-5-6-12(20)15-18-16(11(3)4)22-19-15/h8,10-12H,5-7,9H2,1-4H3/t12-/m0/s1. The molecule has 6 nitrogen and oxygen atoms in total. The van der Waals surface area contributed by atoms with Crippen molar-refractivity contribution in [1.29, 1.82) is 0 Å². The van der Waals surface area contributed by atoms with Crippen molar-refractivity contribution in [1.82, 2.24) is 20.0 Å². The number of nitrogens with zero attached hydrogens (tertiary/aromatic N) is 4. The van der Waals surface area contributed by atoms with Gasteiger partial charge in [0.15, 0.2) is 5.82 Å². The van der Waals surface area contributed by atoms with Crippen LogP contribution in [-0.4, -0.2) is 26.6 Å². The lowest BCUT2D eigenvalue weighted by molar-refractivity contribution is 0.209. The van der Waals surface area contributed by atoms with Crippen LogP contribution in [0.3, 0.4) is 0 Å². The van der Waals surface area contributed by atoms with Gasteiger partial charge in [0.2, 0.25) is 11.8 Å². The van der Waals surface area contributed by atoms with Crippen molar-refractivity contribution in [2.45, 2.75) is 65.0 Å². The van der Waals surface area contributed by atoms with Gasteiger partial charge in [0.25, 0.3) is 0 Å². The molecule has 1 aliphatic rings. The Bertz CT molecular complexity index is 617. The molecular formula is C16H24N4O2. The molecule has 3 rings (SSSR count). The summed E-state index contributed by atoms with van der Waals surface area (Å²) in [5.41, 5.74) is 0. The molecule has 1 fully saturated rings. The van der Waals surface area contributed by atoms with E-state index >= 15 is 0 Å². The molecule has 2 aromatic heterocycles. The summed E-state index contributed by atoms with van der Waals surface area (Å²) < 4.78 is 11.2. The van der Waals surface area contributed by atoms with Crippen LogP contribution in [0, 0.1) is 0 Å². The Hall–Kier alpha value is -1.69. The van der Waals surface area contributed by atoms with E-state index in [0.29, 0.717) is 18.4 Å². The molecule has 0 radical (unpaired) electrons. The summed E-state index contributed by atoms with van der Waals surface area (Å²) in [4.78, 5) is 11.3. The number of oxazole rings is 1. The lowest BCUT2D eigenvalue weighted by Gasteiger charge is -2.19. The molecule has 6 heteroatoms. The summed E-state index contributed by atoms with van der Waals surface area (Å²) in [5, 5.41) is 4.17. The molecule has 0 aromatic carbocycles. The maximum absolute atomic E-state index is 5.82. The quantitative estimate of drug-likeness (QED) is 0.840. The molecule has 0 N–H and O–H groups in total. The first-order valence-corrected chi connectivity index (χ1v) is 8.06. The molecule has 1 aliphatic heterocycles. The molecule has 2 aromatic rings. The van der Waals surface area contributed by atoms with Crippen LogP contribution in [0.4, 0.5) is 0 Å². The van der Waals surface area contributed by atoms with Gasteiger partial charge >= 0.3 is 0 Å². The fraction of sp³-hybridized carbons (Fsp3) is 0.688. The highest BCUT2D eigenvalue weighted by atomic mass is 16.5. The minimum atomic E-state index is 0.200. The topological polar surface area (TPSA) is 68.2 Å². The lowest BCUT2D eigenvalue weighted by Crippen LogP contribution is -2.23. The highest BCUT2D eigenvalue weighted by molar-refractivity contribution is 5.03. The van der Waals surface area contributed by atoms with E-state index in [9.17, 15) is 0 Å². The smallest absolute Gasteiger partial charge is 0.229 e. The van der Waals surface area contributed by atoms with E-state index in [0.717, 1.165) is 36.9 Å². The molecule has 1 atom stereocenters. The third-order valence-electron chi connectivity index (χ3n) is 4.09. The molecule has 0 bridgehead atoms.